The van der Waals surface area contributed by atoms with Crippen molar-refractivity contribution in [1.29, 1.82) is 0 Å². The number of hydrogen-bond donors (Lipinski definition) is 2. The van der Waals surface area contributed by atoms with Crippen LogP contribution in [0.15, 0.2) is 24.3 Å². The second kappa shape index (κ2) is 6.14. The van der Waals surface area contributed by atoms with Crippen molar-refractivity contribution in [3.8, 4) is 5.75 Å². The van der Waals surface area contributed by atoms with E-state index in [2.05, 4.69) is 10.6 Å². The molecule has 1 saturated carbocycles. The van der Waals surface area contributed by atoms with Crippen LogP contribution in [0.2, 0.25) is 0 Å². The largest absolute Gasteiger partial charge is 0.496 e. The zero-order valence-corrected chi connectivity index (χ0v) is 13.8. The lowest BCUT2D eigenvalue weighted by molar-refractivity contribution is -0.135. The highest BCUT2D eigenvalue weighted by Crippen LogP contribution is 2.42. The molecular weight excluding hydrogens is 310 g/mol. The van der Waals surface area contributed by atoms with Crippen LogP contribution in [0.1, 0.15) is 25.3 Å². The molecule has 0 unspecified atom stereocenters. The Labute approximate surface area is 140 Å². The molecule has 0 radical (unpaired) electrons. The number of carbonyl (C=O) groups is 3. The molecule has 1 aromatic rings. The maximum Gasteiger partial charge on any atom is 0.325 e. The number of carbonyl (C=O) groups excluding carboxylic acids is 3. The minimum absolute atomic E-state index is 0.176. The summed E-state index contributed by atoms with van der Waals surface area (Å²) in [5, 5.41) is 5.45. The molecule has 1 heterocycles. The third-order valence-electron chi connectivity index (χ3n) is 4.67. The van der Waals surface area contributed by atoms with Gasteiger partial charge < -0.3 is 15.4 Å². The summed E-state index contributed by atoms with van der Waals surface area (Å²) in [5.74, 6) is 0.150. The summed E-state index contributed by atoms with van der Waals surface area (Å²) in [5.41, 5.74) is -0.0339. The van der Waals surface area contributed by atoms with E-state index < -0.39 is 11.6 Å². The molecule has 1 aromatic carbocycles. The number of rotatable bonds is 6. The average Bonchev–Trinajstić information content (AvgIpc) is 3.39. The molecule has 0 aromatic heterocycles. The Morgan fingerprint density at radius 2 is 2.08 bits per heavy atom. The van der Waals surface area contributed by atoms with Gasteiger partial charge in [-0.15, -0.1) is 0 Å². The number of para-hydroxylation sites is 1. The van der Waals surface area contributed by atoms with Crippen molar-refractivity contribution in [3.63, 3.8) is 0 Å². The Morgan fingerprint density at radius 1 is 1.38 bits per heavy atom. The Hall–Kier alpha value is -2.57. The van der Waals surface area contributed by atoms with Crippen LogP contribution in [0.4, 0.5) is 4.79 Å². The minimum atomic E-state index is -0.861. The van der Waals surface area contributed by atoms with Gasteiger partial charge in [0.15, 0.2) is 0 Å². The van der Waals surface area contributed by atoms with Crippen LogP contribution in [0, 0.1) is 5.92 Å². The van der Waals surface area contributed by atoms with Crippen molar-refractivity contribution < 1.29 is 19.1 Å². The van der Waals surface area contributed by atoms with Crippen molar-refractivity contribution in [1.82, 2.24) is 15.5 Å². The van der Waals surface area contributed by atoms with Crippen molar-refractivity contribution >= 4 is 17.8 Å². The van der Waals surface area contributed by atoms with Gasteiger partial charge in [0.2, 0.25) is 5.91 Å². The van der Waals surface area contributed by atoms with E-state index in [0.29, 0.717) is 5.75 Å². The number of imide groups is 1. The number of urea groups is 1. The van der Waals surface area contributed by atoms with Gasteiger partial charge in [0.1, 0.15) is 17.8 Å². The molecule has 2 aliphatic rings. The maximum absolute atomic E-state index is 12.5. The molecule has 1 aliphatic carbocycles. The molecule has 7 heteroatoms. The van der Waals surface area contributed by atoms with Gasteiger partial charge in [0.05, 0.1) is 7.11 Å². The molecule has 1 saturated heterocycles. The van der Waals surface area contributed by atoms with Crippen LogP contribution in [-0.2, 0) is 16.1 Å². The van der Waals surface area contributed by atoms with E-state index in [1.165, 1.54) is 0 Å². The van der Waals surface area contributed by atoms with Gasteiger partial charge in [0.25, 0.3) is 5.91 Å². The monoisotopic (exact) mass is 331 g/mol. The number of hydrogen-bond acceptors (Lipinski definition) is 4. The van der Waals surface area contributed by atoms with E-state index in [9.17, 15) is 14.4 Å². The summed E-state index contributed by atoms with van der Waals surface area (Å²) in [6.07, 6.45) is 1.85. The molecule has 3 rings (SSSR count). The van der Waals surface area contributed by atoms with E-state index in [0.717, 1.165) is 23.3 Å². The standard InChI is InChI=1S/C17H21N3O4/c1-17(12-7-8-12)15(22)20(16(23)19-17)10-14(21)18-9-11-5-3-4-6-13(11)24-2/h3-6,12H,7-10H2,1-2H3,(H,18,21)(H,19,23)/t17-/m1/s1. The number of benzene rings is 1. The first-order chi connectivity index (χ1) is 11.5. The molecule has 0 spiro atoms. The fourth-order valence-electron chi connectivity index (χ4n) is 3.04. The highest BCUT2D eigenvalue weighted by Gasteiger charge is 2.56. The maximum atomic E-state index is 12.5. The number of nitrogens with zero attached hydrogens (tertiary/aromatic N) is 1. The van der Waals surface area contributed by atoms with Gasteiger partial charge in [-0.05, 0) is 31.7 Å². The average molecular weight is 331 g/mol. The number of amides is 4. The number of ether oxygens (including phenoxy) is 1. The molecule has 24 heavy (non-hydrogen) atoms. The van der Waals surface area contributed by atoms with Gasteiger partial charge in [-0.3, -0.25) is 14.5 Å². The highest BCUT2D eigenvalue weighted by molar-refractivity contribution is 6.09. The SMILES string of the molecule is COc1ccccc1CNC(=O)CN1C(=O)N[C@](C)(C2CC2)C1=O. The molecular formula is C17H21N3O4. The molecule has 1 atom stereocenters. The summed E-state index contributed by atoms with van der Waals surface area (Å²) in [4.78, 5) is 37.6. The second-order valence-electron chi connectivity index (χ2n) is 6.39. The topological polar surface area (TPSA) is 87.7 Å². The smallest absolute Gasteiger partial charge is 0.325 e. The fourth-order valence-corrected chi connectivity index (χ4v) is 3.04. The first kappa shape index (κ1) is 16.3. The minimum Gasteiger partial charge on any atom is -0.496 e. The van der Waals surface area contributed by atoms with E-state index >= 15 is 0 Å². The van der Waals surface area contributed by atoms with E-state index in [1.807, 2.05) is 18.2 Å². The quantitative estimate of drug-likeness (QED) is 0.762. The van der Waals surface area contributed by atoms with Crippen LogP contribution in [0.5, 0.6) is 5.75 Å². The van der Waals surface area contributed by atoms with Crippen molar-refractivity contribution in [2.45, 2.75) is 31.8 Å². The van der Waals surface area contributed by atoms with Gasteiger partial charge >= 0.3 is 6.03 Å². The van der Waals surface area contributed by atoms with E-state index in [4.69, 9.17) is 4.74 Å². The molecule has 2 fully saturated rings. The summed E-state index contributed by atoms with van der Waals surface area (Å²) in [7, 11) is 1.56. The third-order valence-corrected chi connectivity index (χ3v) is 4.67. The van der Waals surface area contributed by atoms with E-state index in [1.54, 1.807) is 20.1 Å². The zero-order chi connectivity index (χ0) is 17.3. The van der Waals surface area contributed by atoms with Crippen LogP contribution in [-0.4, -0.2) is 41.9 Å². The fraction of sp³-hybridized carbons (Fsp3) is 0.471. The Morgan fingerprint density at radius 3 is 2.75 bits per heavy atom. The normalized spacial score (nSPS) is 23.2. The lowest BCUT2D eigenvalue weighted by Gasteiger charge is -2.20. The van der Waals surface area contributed by atoms with Gasteiger partial charge in [-0.2, -0.15) is 0 Å². The Bertz CT molecular complexity index is 686. The molecule has 4 amide bonds. The van der Waals surface area contributed by atoms with Gasteiger partial charge in [-0.25, -0.2) is 4.79 Å². The van der Waals surface area contributed by atoms with Crippen LogP contribution in [0.3, 0.4) is 0 Å². The summed E-state index contributed by atoms with van der Waals surface area (Å²) in [6.45, 7) is 1.73. The van der Waals surface area contributed by atoms with Crippen LogP contribution in [0.25, 0.3) is 0 Å². The predicted molar refractivity (Wildman–Crippen MR) is 86.2 cm³/mol. The predicted octanol–water partition coefficient (Wildman–Crippen LogP) is 1.03. The second-order valence-corrected chi connectivity index (χ2v) is 6.39. The summed E-state index contributed by atoms with van der Waals surface area (Å²) < 4.78 is 5.23. The Kier molecular flexibility index (Phi) is 4.17. The first-order valence-electron chi connectivity index (χ1n) is 7.98. The first-order valence-corrected chi connectivity index (χ1v) is 7.98. The van der Waals surface area contributed by atoms with Crippen molar-refractivity contribution in [2.75, 3.05) is 13.7 Å². The molecule has 0 bridgehead atoms. The summed E-state index contributed by atoms with van der Waals surface area (Å²) >= 11 is 0. The van der Waals surface area contributed by atoms with Crippen LogP contribution < -0.4 is 15.4 Å². The number of methoxy groups -OCH3 is 1. The van der Waals surface area contributed by atoms with Crippen LogP contribution >= 0.6 is 0 Å². The number of nitrogens with one attached hydrogen (secondary N) is 2. The van der Waals surface area contributed by atoms with Gasteiger partial charge in [-0.1, -0.05) is 18.2 Å². The lowest BCUT2D eigenvalue weighted by Crippen LogP contribution is -2.46. The van der Waals surface area contributed by atoms with Crippen molar-refractivity contribution in [2.24, 2.45) is 5.92 Å². The van der Waals surface area contributed by atoms with Crippen molar-refractivity contribution in [3.05, 3.63) is 29.8 Å². The third kappa shape index (κ3) is 2.93. The molecule has 1 aliphatic heterocycles. The van der Waals surface area contributed by atoms with Gasteiger partial charge in [0, 0.05) is 12.1 Å². The molecule has 2 N–H and O–H groups in total. The highest BCUT2D eigenvalue weighted by atomic mass is 16.5. The molecule has 128 valence electrons. The van der Waals surface area contributed by atoms with E-state index in [-0.39, 0.29) is 30.8 Å². The molecule has 7 nitrogen and oxygen atoms in total. The Balaban J connectivity index is 1.59. The summed E-state index contributed by atoms with van der Waals surface area (Å²) in [6, 6.07) is 6.84. The zero-order valence-electron chi connectivity index (χ0n) is 13.8. The lowest BCUT2D eigenvalue weighted by atomic mass is 9.96.